The molecule has 0 aliphatic carbocycles. The number of benzene rings is 3. The van der Waals surface area contributed by atoms with E-state index in [9.17, 15) is 9.59 Å². The van der Waals surface area contributed by atoms with Gasteiger partial charge >= 0.3 is 5.97 Å². The smallest absolute Gasteiger partial charge is 0.344 e. The zero-order chi connectivity index (χ0) is 19.9. The van der Waals surface area contributed by atoms with Gasteiger partial charge in [0.2, 0.25) is 0 Å². The van der Waals surface area contributed by atoms with E-state index < -0.39 is 5.97 Å². The van der Waals surface area contributed by atoms with Crippen LogP contribution in [-0.4, -0.2) is 25.0 Å². The van der Waals surface area contributed by atoms with Crippen molar-refractivity contribution in [3.63, 3.8) is 0 Å². The molecule has 0 saturated heterocycles. The van der Waals surface area contributed by atoms with Crippen molar-refractivity contribution < 1.29 is 19.1 Å². The third-order valence-electron chi connectivity index (χ3n) is 4.16. The fourth-order valence-corrected chi connectivity index (χ4v) is 2.72. The average Bonchev–Trinajstić information content (AvgIpc) is 2.73. The van der Waals surface area contributed by atoms with E-state index in [-0.39, 0.29) is 19.0 Å². The summed E-state index contributed by atoms with van der Waals surface area (Å²) in [7, 11) is 0. The Morgan fingerprint density at radius 2 is 1.54 bits per heavy atom. The maximum Gasteiger partial charge on any atom is 0.344 e. The van der Waals surface area contributed by atoms with Crippen LogP contribution in [0.15, 0.2) is 72.8 Å². The van der Waals surface area contributed by atoms with Gasteiger partial charge in [-0.3, -0.25) is 4.79 Å². The van der Waals surface area contributed by atoms with Crippen molar-refractivity contribution in [2.45, 2.75) is 6.92 Å². The van der Waals surface area contributed by atoms with Crippen molar-refractivity contribution in [2.75, 3.05) is 13.2 Å². The fourth-order valence-electron chi connectivity index (χ4n) is 2.60. The Morgan fingerprint density at radius 1 is 0.857 bits per heavy atom. The maximum atomic E-state index is 12.2. The summed E-state index contributed by atoms with van der Waals surface area (Å²) >= 11 is 5.95. The first-order valence-electron chi connectivity index (χ1n) is 8.76. The number of halogens is 1. The van der Waals surface area contributed by atoms with Gasteiger partial charge in [-0.25, -0.2) is 4.79 Å². The molecule has 0 aliphatic heterocycles. The van der Waals surface area contributed by atoms with Crippen LogP contribution in [-0.2, 0) is 9.53 Å². The summed E-state index contributed by atoms with van der Waals surface area (Å²) in [6.07, 6.45) is 0. The summed E-state index contributed by atoms with van der Waals surface area (Å²) in [5.41, 5.74) is 3.42. The van der Waals surface area contributed by atoms with Crippen LogP contribution in [0.5, 0.6) is 5.75 Å². The van der Waals surface area contributed by atoms with Gasteiger partial charge in [-0.05, 0) is 41.8 Å². The van der Waals surface area contributed by atoms with E-state index in [2.05, 4.69) is 0 Å². The normalized spacial score (nSPS) is 10.4. The highest BCUT2D eigenvalue weighted by Crippen LogP contribution is 2.21. The Morgan fingerprint density at radius 3 is 2.21 bits per heavy atom. The highest BCUT2D eigenvalue weighted by Gasteiger charge is 2.11. The standard InChI is InChI=1S/C23H19ClO4/c1-16-13-20(11-12-21(16)24)27-15-23(26)28-14-22(25)19-9-7-18(8-10-19)17-5-3-2-4-6-17/h2-13H,14-15H2,1H3. The van der Waals surface area contributed by atoms with E-state index in [1.165, 1.54) is 0 Å². The van der Waals surface area contributed by atoms with Crippen molar-refractivity contribution >= 4 is 23.4 Å². The molecule has 3 aromatic carbocycles. The molecule has 0 atom stereocenters. The highest BCUT2D eigenvalue weighted by molar-refractivity contribution is 6.31. The van der Waals surface area contributed by atoms with Gasteiger partial charge in [0, 0.05) is 10.6 Å². The lowest BCUT2D eigenvalue weighted by atomic mass is 10.0. The number of ether oxygens (including phenoxy) is 2. The summed E-state index contributed by atoms with van der Waals surface area (Å²) < 4.78 is 10.4. The van der Waals surface area contributed by atoms with Crippen LogP contribution in [0.25, 0.3) is 11.1 Å². The number of carbonyl (C=O) groups is 2. The first kappa shape index (κ1) is 19.6. The molecule has 0 spiro atoms. The summed E-state index contributed by atoms with van der Waals surface area (Å²) in [4.78, 5) is 24.0. The van der Waals surface area contributed by atoms with Gasteiger partial charge in [0.05, 0.1) is 0 Å². The molecular formula is C23H19ClO4. The van der Waals surface area contributed by atoms with Crippen LogP contribution >= 0.6 is 11.6 Å². The topological polar surface area (TPSA) is 52.6 Å². The molecule has 0 heterocycles. The number of Topliss-reactive ketones (excluding diaryl/α,β-unsaturated/α-hetero) is 1. The van der Waals surface area contributed by atoms with E-state index in [0.717, 1.165) is 16.7 Å². The average molecular weight is 395 g/mol. The summed E-state index contributed by atoms with van der Waals surface area (Å²) in [5, 5.41) is 0.624. The predicted molar refractivity (Wildman–Crippen MR) is 109 cm³/mol. The van der Waals surface area contributed by atoms with Gasteiger partial charge in [0.15, 0.2) is 19.0 Å². The molecule has 0 radical (unpaired) electrons. The van der Waals surface area contributed by atoms with E-state index in [1.807, 2.05) is 49.4 Å². The van der Waals surface area contributed by atoms with E-state index in [1.54, 1.807) is 30.3 Å². The Kier molecular flexibility index (Phi) is 6.45. The van der Waals surface area contributed by atoms with Crippen molar-refractivity contribution in [3.05, 3.63) is 88.9 Å². The third-order valence-corrected chi connectivity index (χ3v) is 4.59. The molecule has 0 aliphatic rings. The molecule has 0 fully saturated rings. The molecule has 142 valence electrons. The number of aryl methyl sites for hydroxylation is 1. The molecular weight excluding hydrogens is 376 g/mol. The van der Waals surface area contributed by atoms with Gasteiger partial charge in [-0.15, -0.1) is 0 Å². The summed E-state index contributed by atoms with van der Waals surface area (Å²) in [6, 6.07) is 22.2. The predicted octanol–water partition coefficient (Wildman–Crippen LogP) is 5.12. The van der Waals surface area contributed by atoms with Crippen molar-refractivity contribution in [1.29, 1.82) is 0 Å². The van der Waals surface area contributed by atoms with Crippen LogP contribution in [0.3, 0.4) is 0 Å². The van der Waals surface area contributed by atoms with Crippen molar-refractivity contribution in [1.82, 2.24) is 0 Å². The largest absolute Gasteiger partial charge is 0.482 e. The number of hydrogen-bond donors (Lipinski definition) is 0. The second kappa shape index (κ2) is 9.20. The van der Waals surface area contributed by atoms with E-state index in [4.69, 9.17) is 21.1 Å². The van der Waals surface area contributed by atoms with Crippen molar-refractivity contribution in [3.8, 4) is 16.9 Å². The maximum absolute atomic E-state index is 12.2. The minimum Gasteiger partial charge on any atom is -0.482 e. The Bertz CT molecular complexity index is 966. The summed E-state index contributed by atoms with van der Waals surface area (Å²) in [6.45, 7) is 1.24. The van der Waals surface area contributed by atoms with Gasteiger partial charge in [0.25, 0.3) is 0 Å². The molecule has 0 bridgehead atoms. The first-order chi connectivity index (χ1) is 13.5. The molecule has 3 rings (SSSR count). The number of rotatable bonds is 7. The van der Waals surface area contributed by atoms with E-state index >= 15 is 0 Å². The summed E-state index contributed by atoms with van der Waals surface area (Å²) in [5.74, 6) is -0.362. The van der Waals surface area contributed by atoms with Crippen LogP contribution in [0.1, 0.15) is 15.9 Å². The SMILES string of the molecule is Cc1cc(OCC(=O)OCC(=O)c2ccc(-c3ccccc3)cc2)ccc1Cl. The van der Waals surface area contributed by atoms with Gasteiger partial charge in [-0.2, -0.15) is 0 Å². The Hall–Kier alpha value is -3.11. The van der Waals surface area contributed by atoms with Crippen LogP contribution in [0, 0.1) is 6.92 Å². The zero-order valence-electron chi connectivity index (χ0n) is 15.4. The molecule has 4 nitrogen and oxygen atoms in total. The monoisotopic (exact) mass is 394 g/mol. The number of hydrogen-bond acceptors (Lipinski definition) is 4. The van der Waals surface area contributed by atoms with Crippen LogP contribution < -0.4 is 4.74 Å². The quantitative estimate of drug-likeness (QED) is 0.412. The van der Waals surface area contributed by atoms with Gasteiger partial charge in [-0.1, -0.05) is 66.2 Å². The number of carbonyl (C=O) groups excluding carboxylic acids is 2. The molecule has 0 unspecified atom stereocenters. The van der Waals surface area contributed by atoms with Crippen molar-refractivity contribution in [2.24, 2.45) is 0 Å². The number of esters is 1. The molecule has 3 aromatic rings. The second-order valence-electron chi connectivity index (χ2n) is 6.23. The molecule has 28 heavy (non-hydrogen) atoms. The molecule has 0 aromatic heterocycles. The van der Waals surface area contributed by atoms with Crippen LogP contribution in [0.4, 0.5) is 0 Å². The molecule has 0 amide bonds. The third kappa shape index (κ3) is 5.21. The minimum absolute atomic E-state index is 0.268. The number of ketones is 1. The highest BCUT2D eigenvalue weighted by atomic mass is 35.5. The van der Waals surface area contributed by atoms with E-state index in [0.29, 0.717) is 16.3 Å². The van der Waals surface area contributed by atoms with Crippen LogP contribution in [0.2, 0.25) is 5.02 Å². The molecule has 5 heteroatoms. The minimum atomic E-state index is -0.609. The first-order valence-corrected chi connectivity index (χ1v) is 9.14. The fraction of sp³-hybridized carbons (Fsp3) is 0.130. The lowest BCUT2D eigenvalue weighted by Crippen LogP contribution is -2.19. The lowest BCUT2D eigenvalue weighted by molar-refractivity contribution is -0.144. The van der Waals surface area contributed by atoms with Gasteiger partial charge in [0.1, 0.15) is 5.75 Å². The second-order valence-corrected chi connectivity index (χ2v) is 6.63. The Labute approximate surface area is 168 Å². The van der Waals surface area contributed by atoms with Gasteiger partial charge < -0.3 is 9.47 Å². The Balaban J connectivity index is 1.49. The zero-order valence-corrected chi connectivity index (χ0v) is 16.1. The lowest BCUT2D eigenvalue weighted by Gasteiger charge is -2.08. The molecule has 0 N–H and O–H groups in total. The molecule has 0 saturated carbocycles.